The fourth-order valence-corrected chi connectivity index (χ4v) is 3.13. The van der Waals surface area contributed by atoms with E-state index in [1.165, 1.54) is 11.3 Å². The van der Waals surface area contributed by atoms with Crippen molar-refractivity contribution in [3.63, 3.8) is 0 Å². The molecule has 0 spiro atoms. The maximum atomic E-state index is 11.9. The van der Waals surface area contributed by atoms with E-state index in [9.17, 15) is 4.79 Å². The normalized spacial score (nSPS) is 19.3. The number of hydrogen-bond acceptors (Lipinski definition) is 5. The average Bonchev–Trinajstić information content (AvgIpc) is 2.99. The third-order valence-electron chi connectivity index (χ3n) is 3.27. The van der Waals surface area contributed by atoms with Gasteiger partial charge in [0.05, 0.1) is 12.1 Å². The number of hydrogen-bond donors (Lipinski definition) is 2. The highest BCUT2D eigenvalue weighted by Gasteiger charge is 2.23. The molecular weight excluding hydrogens is 260 g/mol. The minimum absolute atomic E-state index is 0.0379. The van der Waals surface area contributed by atoms with Gasteiger partial charge in [0, 0.05) is 6.54 Å². The van der Waals surface area contributed by atoms with Crippen LogP contribution >= 0.6 is 11.3 Å². The topological polar surface area (TPSA) is 68.2 Å². The Morgan fingerprint density at radius 2 is 2.53 bits per heavy atom. The number of anilines is 1. The molecule has 1 atom stereocenters. The maximum Gasteiger partial charge on any atom is 0.239 e. The van der Waals surface area contributed by atoms with Crippen LogP contribution in [0.1, 0.15) is 12.0 Å². The van der Waals surface area contributed by atoms with Crippen LogP contribution in [0.5, 0.6) is 0 Å². The van der Waals surface area contributed by atoms with Crippen LogP contribution in [0.4, 0.5) is 5.00 Å². The van der Waals surface area contributed by atoms with Crippen LogP contribution in [0, 0.1) is 17.2 Å². The molecule has 1 aliphatic rings. The van der Waals surface area contributed by atoms with Crippen molar-refractivity contribution in [2.24, 2.45) is 5.92 Å². The molecule has 2 rings (SSSR count). The molecule has 1 amide bonds. The molecule has 2 heterocycles. The number of nitrogens with zero attached hydrogens (tertiary/aromatic N) is 2. The Morgan fingerprint density at radius 3 is 3.26 bits per heavy atom. The number of carbonyl (C=O) groups excluding carboxylic acids is 1. The molecule has 1 unspecified atom stereocenters. The van der Waals surface area contributed by atoms with Crippen molar-refractivity contribution < 1.29 is 4.79 Å². The molecule has 19 heavy (non-hydrogen) atoms. The van der Waals surface area contributed by atoms with Gasteiger partial charge in [-0.25, -0.2) is 0 Å². The van der Waals surface area contributed by atoms with Gasteiger partial charge in [-0.3, -0.25) is 9.69 Å². The third-order valence-corrected chi connectivity index (χ3v) is 4.10. The van der Waals surface area contributed by atoms with Gasteiger partial charge in [0.15, 0.2) is 0 Å². The average molecular weight is 278 g/mol. The van der Waals surface area contributed by atoms with Gasteiger partial charge in [-0.1, -0.05) is 0 Å². The molecule has 0 aliphatic carbocycles. The Balaban J connectivity index is 1.81. The Morgan fingerprint density at radius 1 is 1.68 bits per heavy atom. The van der Waals surface area contributed by atoms with Gasteiger partial charge in [-0.15, -0.1) is 11.3 Å². The highest BCUT2D eigenvalue weighted by molar-refractivity contribution is 7.14. The molecule has 0 saturated carbocycles. The van der Waals surface area contributed by atoms with Gasteiger partial charge < -0.3 is 10.6 Å². The van der Waals surface area contributed by atoms with Crippen LogP contribution in [0.25, 0.3) is 0 Å². The largest absolute Gasteiger partial charge is 0.319 e. The summed E-state index contributed by atoms with van der Waals surface area (Å²) in [5, 5.41) is 17.3. The van der Waals surface area contributed by atoms with Gasteiger partial charge in [-0.2, -0.15) is 5.26 Å². The Labute approximate surface area is 117 Å². The summed E-state index contributed by atoms with van der Waals surface area (Å²) >= 11 is 1.39. The lowest BCUT2D eigenvalue weighted by atomic mass is 10.1. The van der Waals surface area contributed by atoms with Crippen LogP contribution in [-0.4, -0.2) is 44.0 Å². The highest BCUT2D eigenvalue weighted by atomic mass is 32.1. The summed E-state index contributed by atoms with van der Waals surface area (Å²) in [4.78, 5) is 14.1. The fraction of sp³-hybridized carbons (Fsp3) is 0.538. The zero-order valence-corrected chi connectivity index (χ0v) is 11.8. The number of thiophene rings is 1. The quantitative estimate of drug-likeness (QED) is 0.846. The predicted molar refractivity (Wildman–Crippen MR) is 76.1 cm³/mol. The molecule has 1 aromatic rings. The minimum atomic E-state index is -0.0379. The van der Waals surface area contributed by atoms with E-state index in [0.29, 0.717) is 23.0 Å². The standard InChI is InChI=1S/C13H18N4OS/c1-15-7-10-2-4-17(8-10)9-12(18)16-13-11(6-14)3-5-19-13/h3,5,10,15H,2,4,7-9H2,1H3,(H,16,18). The number of likely N-dealkylation sites (tertiary alicyclic amines) is 1. The number of nitrogens with one attached hydrogen (secondary N) is 2. The van der Waals surface area contributed by atoms with Crippen molar-refractivity contribution in [2.75, 3.05) is 38.5 Å². The van der Waals surface area contributed by atoms with Crippen molar-refractivity contribution >= 4 is 22.2 Å². The SMILES string of the molecule is CNCC1CCN(CC(=O)Nc2sccc2C#N)C1. The van der Waals surface area contributed by atoms with Crippen molar-refractivity contribution in [1.82, 2.24) is 10.2 Å². The maximum absolute atomic E-state index is 11.9. The Bertz CT molecular complexity index is 479. The number of nitriles is 1. The Kier molecular flexibility index (Phi) is 4.91. The van der Waals surface area contributed by atoms with E-state index in [4.69, 9.17) is 5.26 Å². The first-order chi connectivity index (χ1) is 9.22. The van der Waals surface area contributed by atoms with E-state index < -0.39 is 0 Å². The molecule has 1 fully saturated rings. The van der Waals surface area contributed by atoms with E-state index in [2.05, 4.69) is 21.6 Å². The second-order valence-electron chi connectivity index (χ2n) is 4.77. The molecule has 6 heteroatoms. The lowest BCUT2D eigenvalue weighted by Crippen LogP contribution is -2.32. The zero-order chi connectivity index (χ0) is 13.7. The second-order valence-corrected chi connectivity index (χ2v) is 5.69. The van der Waals surface area contributed by atoms with Crippen molar-refractivity contribution in [3.05, 3.63) is 17.0 Å². The molecule has 5 nitrogen and oxygen atoms in total. The first-order valence-corrected chi connectivity index (χ1v) is 7.25. The number of amides is 1. The van der Waals surface area contributed by atoms with Gasteiger partial charge in [-0.05, 0) is 43.9 Å². The molecule has 0 aromatic carbocycles. The van der Waals surface area contributed by atoms with Crippen molar-refractivity contribution in [3.8, 4) is 6.07 Å². The molecule has 1 aliphatic heterocycles. The molecule has 0 radical (unpaired) electrons. The first-order valence-electron chi connectivity index (χ1n) is 6.37. The van der Waals surface area contributed by atoms with E-state index in [1.54, 1.807) is 6.07 Å². The van der Waals surface area contributed by atoms with Gasteiger partial charge in [0.1, 0.15) is 11.1 Å². The van der Waals surface area contributed by atoms with Crippen LogP contribution in [-0.2, 0) is 4.79 Å². The molecule has 1 aromatic heterocycles. The lowest BCUT2D eigenvalue weighted by molar-refractivity contribution is -0.117. The van der Waals surface area contributed by atoms with E-state index in [-0.39, 0.29) is 5.91 Å². The summed E-state index contributed by atoms with van der Waals surface area (Å²) in [7, 11) is 1.95. The predicted octanol–water partition coefficient (Wildman–Crippen LogP) is 1.10. The second kappa shape index (κ2) is 6.66. The molecule has 0 bridgehead atoms. The minimum Gasteiger partial charge on any atom is -0.319 e. The summed E-state index contributed by atoms with van der Waals surface area (Å²) in [5.41, 5.74) is 0.535. The monoisotopic (exact) mass is 278 g/mol. The smallest absolute Gasteiger partial charge is 0.239 e. The van der Waals surface area contributed by atoms with Gasteiger partial charge in [0.25, 0.3) is 0 Å². The van der Waals surface area contributed by atoms with Crippen LogP contribution < -0.4 is 10.6 Å². The molecule has 102 valence electrons. The molecular formula is C13H18N4OS. The fourth-order valence-electron chi connectivity index (χ4n) is 2.38. The third kappa shape index (κ3) is 3.77. The summed E-state index contributed by atoms with van der Waals surface area (Å²) < 4.78 is 0. The van der Waals surface area contributed by atoms with Crippen molar-refractivity contribution in [2.45, 2.75) is 6.42 Å². The summed E-state index contributed by atoms with van der Waals surface area (Å²) in [6.45, 7) is 3.34. The lowest BCUT2D eigenvalue weighted by Gasteiger charge is -2.15. The molecule has 2 N–H and O–H groups in total. The van der Waals surface area contributed by atoms with Crippen LogP contribution in [0.3, 0.4) is 0 Å². The van der Waals surface area contributed by atoms with Gasteiger partial charge >= 0.3 is 0 Å². The summed E-state index contributed by atoms with van der Waals surface area (Å²) in [6.07, 6.45) is 1.14. The number of rotatable bonds is 5. The first kappa shape index (κ1) is 14.0. The molecule has 1 saturated heterocycles. The van der Waals surface area contributed by atoms with Crippen molar-refractivity contribution in [1.29, 1.82) is 5.26 Å². The van der Waals surface area contributed by atoms with Crippen LogP contribution in [0.15, 0.2) is 11.4 Å². The Hall–Kier alpha value is -1.42. The van der Waals surface area contributed by atoms with E-state index >= 15 is 0 Å². The van der Waals surface area contributed by atoms with E-state index in [0.717, 1.165) is 26.1 Å². The van der Waals surface area contributed by atoms with E-state index in [1.807, 2.05) is 12.4 Å². The number of carbonyl (C=O) groups is 1. The van der Waals surface area contributed by atoms with Crippen LogP contribution in [0.2, 0.25) is 0 Å². The summed E-state index contributed by atoms with van der Waals surface area (Å²) in [6, 6.07) is 3.79. The van der Waals surface area contributed by atoms with Gasteiger partial charge in [0.2, 0.25) is 5.91 Å². The highest BCUT2D eigenvalue weighted by Crippen LogP contribution is 2.22. The zero-order valence-electron chi connectivity index (χ0n) is 11.0. The summed E-state index contributed by atoms with van der Waals surface area (Å²) in [5.74, 6) is 0.596.